The van der Waals surface area contributed by atoms with Gasteiger partial charge in [0.1, 0.15) is 17.9 Å². The number of nitrogens with two attached hydrogens (primary N) is 1. The summed E-state index contributed by atoms with van der Waals surface area (Å²) in [7, 11) is 0. The number of amides is 1. The highest BCUT2D eigenvalue weighted by molar-refractivity contribution is 5.97. The van der Waals surface area contributed by atoms with Crippen LogP contribution in [0.4, 0.5) is 13.2 Å². The fraction of sp³-hybridized carbons (Fsp3) is 0.421. The Bertz CT molecular complexity index is 872. The van der Waals surface area contributed by atoms with E-state index in [9.17, 15) is 33.0 Å². The van der Waals surface area contributed by atoms with E-state index in [1.165, 1.54) is 30.3 Å². The number of amidine groups is 1. The van der Waals surface area contributed by atoms with Crippen LogP contribution < -0.4 is 11.1 Å². The summed E-state index contributed by atoms with van der Waals surface area (Å²) in [6.45, 7) is 0.411. The van der Waals surface area contributed by atoms with Gasteiger partial charge in [-0.3, -0.25) is 20.0 Å². The van der Waals surface area contributed by atoms with Gasteiger partial charge in [-0.05, 0) is 24.5 Å². The van der Waals surface area contributed by atoms with Gasteiger partial charge in [-0.2, -0.15) is 13.2 Å². The number of nitrogens with one attached hydrogen (secondary N) is 1. The van der Waals surface area contributed by atoms with E-state index in [0.717, 1.165) is 5.57 Å². The molecule has 1 aromatic carbocycles. The first-order chi connectivity index (χ1) is 14.1. The van der Waals surface area contributed by atoms with Crippen molar-refractivity contribution in [3.63, 3.8) is 0 Å². The van der Waals surface area contributed by atoms with Crippen LogP contribution >= 0.6 is 0 Å². The van der Waals surface area contributed by atoms with Crippen LogP contribution in [0, 0.1) is 5.92 Å². The molecule has 11 heteroatoms. The molecule has 30 heavy (non-hydrogen) atoms. The average molecular weight is 426 g/mol. The van der Waals surface area contributed by atoms with Gasteiger partial charge in [0.05, 0.1) is 5.92 Å². The lowest BCUT2D eigenvalue weighted by molar-refractivity contribution is -0.203. The number of aliphatic imine (C=N–C) groups is 1. The quantitative estimate of drug-likeness (QED) is 0.383. The van der Waals surface area contributed by atoms with E-state index in [1.54, 1.807) is 6.08 Å². The summed E-state index contributed by atoms with van der Waals surface area (Å²) in [5.41, 5.74) is 6.17. The van der Waals surface area contributed by atoms with Crippen molar-refractivity contribution in [2.75, 3.05) is 6.54 Å². The number of aliphatic hydroxyl groups excluding tert-OH is 1. The minimum Gasteiger partial charge on any atom is -0.480 e. The third-order valence-electron chi connectivity index (χ3n) is 5.11. The largest absolute Gasteiger partial charge is 0.480 e. The number of aliphatic hydroxyl groups is 1. The molecule has 1 fully saturated rings. The summed E-state index contributed by atoms with van der Waals surface area (Å²) >= 11 is 0. The number of aliphatic carboxylic acids is 1. The first-order valence-corrected chi connectivity index (χ1v) is 9.19. The Labute approximate surface area is 169 Å². The molecule has 1 saturated heterocycles. The fourth-order valence-electron chi connectivity index (χ4n) is 3.69. The molecule has 0 spiro atoms. The number of rotatable bonds is 7. The van der Waals surface area contributed by atoms with Gasteiger partial charge in [0, 0.05) is 6.54 Å². The molecule has 2 heterocycles. The number of carbonyl (C=O) groups is 2. The Hall–Kier alpha value is -2.92. The Morgan fingerprint density at radius 1 is 1.33 bits per heavy atom. The summed E-state index contributed by atoms with van der Waals surface area (Å²) in [6, 6.07) is 3.02. The zero-order valence-corrected chi connectivity index (χ0v) is 15.7. The average Bonchev–Trinajstić information content (AvgIpc) is 2.67. The Morgan fingerprint density at radius 2 is 2.00 bits per heavy atom. The van der Waals surface area contributed by atoms with Gasteiger partial charge in [0.15, 0.2) is 6.35 Å². The van der Waals surface area contributed by atoms with Crippen LogP contribution in [0.1, 0.15) is 24.4 Å². The number of β-lactam (4-membered cyclic amide) rings is 1. The topological polar surface area (TPSA) is 128 Å². The molecule has 0 aliphatic carbocycles. The Morgan fingerprint density at radius 3 is 2.57 bits per heavy atom. The van der Waals surface area contributed by atoms with E-state index in [1.807, 2.05) is 5.32 Å². The molecule has 1 amide bonds. The summed E-state index contributed by atoms with van der Waals surface area (Å²) in [6.07, 6.45) is -4.77. The molecule has 8 nitrogen and oxygen atoms in total. The number of carboxylic acid groups (broad SMARTS) is 1. The third-order valence-corrected chi connectivity index (χ3v) is 5.11. The second-order valence-electron chi connectivity index (χ2n) is 7.12. The molecule has 0 saturated carbocycles. The molecule has 4 unspecified atom stereocenters. The van der Waals surface area contributed by atoms with E-state index >= 15 is 0 Å². The van der Waals surface area contributed by atoms with E-state index < -0.39 is 42.4 Å². The van der Waals surface area contributed by atoms with Crippen molar-refractivity contribution >= 4 is 17.7 Å². The van der Waals surface area contributed by atoms with E-state index in [4.69, 9.17) is 5.73 Å². The first-order valence-electron chi connectivity index (χ1n) is 9.19. The van der Waals surface area contributed by atoms with E-state index in [2.05, 4.69) is 4.99 Å². The van der Waals surface area contributed by atoms with Crippen molar-refractivity contribution in [2.45, 2.75) is 37.5 Å². The van der Waals surface area contributed by atoms with Gasteiger partial charge in [0.25, 0.3) is 0 Å². The van der Waals surface area contributed by atoms with Crippen molar-refractivity contribution < 1.29 is 33.0 Å². The first kappa shape index (κ1) is 21.8. The van der Waals surface area contributed by atoms with Crippen molar-refractivity contribution in [1.29, 1.82) is 0 Å². The number of likely N-dealkylation sites (tertiary alicyclic amines) is 1. The second kappa shape index (κ2) is 8.44. The fourth-order valence-corrected chi connectivity index (χ4v) is 3.69. The minimum atomic E-state index is -4.78. The van der Waals surface area contributed by atoms with Crippen LogP contribution in [0.2, 0.25) is 0 Å². The molecule has 2 aliphatic heterocycles. The SMILES string of the molecule is NC1=NCCC(CC2C(=O)N(C(O)NC(c3ccccc3)C(F)(F)F)C2C(=O)O)=C1. The number of dihydropyridines is 1. The zero-order chi connectivity index (χ0) is 22.1. The molecule has 2 aliphatic rings. The number of nitrogens with zero attached hydrogens (tertiary/aromatic N) is 2. The summed E-state index contributed by atoms with van der Waals surface area (Å²) in [5, 5.41) is 21.7. The van der Waals surface area contributed by atoms with Crippen LogP contribution in [0.15, 0.2) is 47.0 Å². The van der Waals surface area contributed by atoms with Crippen LogP contribution in [-0.2, 0) is 9.59 Å². The lowest BCUT2D eigenvalue weighted by Crippen LogP contribution is -2.70. The van der Waals surface area contributed by atoms with Gasteiger partial charge in [0.2, 0.25) is 5.91 Å². The number of alkyl halides is 3. The van der Waals surface area contributed by atoms with Gasteiger partial charge >= 0.3 is 12.1 Å². The molecule has 3 rings (SSSR count). The molecule has 0 bridgehead atoms. The molecular formula is C19H21F3N4O4. The standard InChI is InChI=1S/C19H21F3N4O4/c20-19(21,22)15(11-4-2-1-3-5-11)25-18(30)26-14(17(28)29)12(16(26)27)8-10-6-7-24-13(23)9-10/h1-5,9,12,14-15,18,25,30H,6-8H2,(H2,23,24)(H,28,29). The lowest BCUT2D eigenvalue weighted by Gasteiger charge is -2.48. The van der Waals surface area contributed by atoms with Crippen molar-refractivity contribution in [3.05, 3.63) is 47.5 Å². The minimum absolute atomic E-state index is 0.0800. The third kappa shape index (κ3) is 4.46. The maximum absolute atomic E-state index is 13.5. The number of carboxylic acids is 1. The number of benzene rings is 1. The van der Waals surface area contributed by atoms with Crippen molar-refractivity contribution in [3.8, 4) is 0 Å². The maximum atomic E-state index is 13.5. The van der Waals surface area contributed by atoms with Gasteiger partial charge < -0.3 is 15.9 Å². The number of carbonyl (C=O) groups excluding carboxylic acids is 1. The highest BCUT2D eigenvalue weighted by Gasteiger charge is 2.55. The number of halogens is 3. The highest BCUT2D eigenvalue weighted by atomic mass is 19.4. The molecule has 0 radical (unpaired) electrons. The Kier molecular flexibility index (Phi) is 6.13. The summed E-state index contributed by atoms with van der Waals surface area (Å²) in [4.78, 5) is 28.7. The number of hydrogen-bond donors (Lipinski definition) is 4. The maximum Gasteiger partial charge on any atom is 0.408 e. The van der Waals surface area contributed by atoms with Crippen LogP contribution in [0.25, 0.3) is 0 Å². The van der Waals surface area contributed by atoms with Gasteiger partial charge in [-0.25, -0.2) is 4.79 Å². The van der Waals surface area contributed by atoms with Crippen LogP contribution in [0.3, 0.4) is 0 Å². The molecule has 162 valence electrons. The number of hydrogen-bond acceptors (Lipinski definition) is 6. The zero-order valence-electron chi connectivity index (χ0n) is 15.7. The van der Waals surface area contributed by atoms with Gasteiger partial charge in [-0.1, -0.05) is 35.9 Å². The molecule has 0 aromatic heterocycles. The molecule has 1 aromatic rings. The van der Waals surface area contributed by atoms with Gasteiger partial charge in [-0.15, -0.1) is 0 Å². The molecule has 4 atom stereocenters. The molecule has 5 N–H and O–H groups in total. The Balaban J connectivity index is 1.76. The molecular weight excluding hydrogens is 405 g/mol. The van der Waals surface area contributed by atoms with Crippen LogP contribution in [0.5, 0.6) is 0 Å². The second-order valence-corrected chi connectivity index (χ2v) is 7.12. The van der Waals surface area contributed by atoms with Crippen molar-refractivity contribution in [1.82, 2.24) is 10.2 Å². The van der Waals surface area contributed by atoms with Crippen molar-refractivity contribution in [2.24, 2.45) is 16.6 Å². The predicted molar refractivity (Wildman–Crippen MR) is 99.9 cm³/mol. The summed E-state index contributed by atoms with van der Waals surface area (Å²) < 4.78 is 40.5. The smallest absolute Gasteiger partial charge is 0.408 e. The van der Waals surface area contributed by atoms with E-state index in [-0.39, 0.29) is 17.8 Å². The van der Waals surface area contributed by atoms with Crippen LogP contribution in [-0.4, -0.2) is 57.9 Å². The monoisotopic (exact) mass is 426 g/mol. The normalized spacial score (nSPS) is 23.9. The lowest BCUT2D eigenvalue weighted by atomic mass is 9.81. The predicted octanol–water partition coefficient (Wildman–Crippen LogP) is 1.14. The van der Waals surface area contributed by atoms with E-state index in [0.29, 0.717) is 17.9 Å². The summed E-state index contributed by atoms with van der Waals surface area (Å²) in [5.74, 6) is -2.90. The highest BCUT2D eigenvalue weighted by Crippen LogP contribution is 2.37.